The van der Waals surface area contributed by atoms with Gasteiger partial charge in [0.05, 0.1) is 0 Å². The Morgan fingerprint density at radius 2 is 1.28 bits per heavy atom. The van der Waals surface area contributed by atoms with Crippen molar-refractivity contribution in [2.45, 2.75) is 105 Å². The average molecular weight is 255 g/mol. The number of rotatable bonds is 12. The van der Waals surface area contributed by atoms with Gasteiger partial charge < -0.3 is 0 Å². The SMILES string of the molecule is CCCCCCCCC(CCC)C(C)(C)CCC. The van der Waals surface area contributed by atoms with Crippen LogP contribution in [0.15, 0.2) is 0 Å². The van der Waals surface area contributed by atoms with E-state index >= 15 is 0 Å². The van der Waals surface area contributed by atoms with E-state index in [1.54, 1.807) is 0 Å². The van der Waals surface area contributed by atoms with E-state index in [0.717, 1.165) is 5.92 Å². The summed E-state index contributed by atoms with van der Waals surface area (Å²) in [5.41, 5.74) is 0.564. The molecule has 0 aromatic heterocycles. The maximum absolute atomic E-state index is 2.49. The molecular weight excluding hydrogens is 216 g/mol. The van der Waals surface area contributed by atoms with Gasteiger partial charge in [0, 0.05) is 0 Å². The summed E-state index contributed by atoms with van der Waals surface area (Å²) in [6.45, 7) is 12.0. The Morgan fingerprint density at radius 1 is 0.667 bits per heavy atom. The highest BCUT2D eigenvalue weighted by molar-refractivity contribution is 4.78. The van der Waals surface area contributed by atoms with Gasteiger partial charge in [-0.25, -0.2) is 0 Å². The first-order chi connectivity index (χ1) is 8.58. The standard InChI is InChI=1S/C18H38/c1-6-9-10-11-12-13-15-17(14-7-2)18(4,5)16-8-3/h17H,6-16H2,1-5H3. The zero-order valence-corrected chi connectivity index (χ0v) is 13.9. The molecule has 0 aliphatic heterocycles. The van der Waals surface area contributed by atoms with E-state index in [2.05, 4.69) is 34.6 Å². The summed E-state index contributed by atoms with van der Waals surface area (Å²) in [7, 11) is 0. The van der Waals surface area contributed by atoms with Crippen molar-refractivity contribution < 1.29 is 0 Å². The van der Waals surface area contributed by atoms with Crippen LogP contribution in [0.1, 0.15) is 105 Å². The summed E-state index contributed by atoms with van der Waals surface area (Å²) in [5, 5.41) is 0. The maximum atomic E-state index is 2.49. The molecule has 0 fully saturated rings. The van der Waals surface area contributed by atoms with E-state index in [1.165, 1.54) is 70.6 Å². The zero-order chi connectivity index (χ0) is 13.9. The van der Waals surface area contributed by atoms with Crippen LogP contribution in [-0.2, 0) is 0 Å². The Balaban J connectivity index is 3.89. The molecule has 0 aromatic carbocycles. The third-order valence-corrected chi connectivity index (χ3v) is 4.54. The van der Waals surface area contributed by atoms with Crippen LogP contribution in [0.5, 0.6) is 0 Å². The molecular formula is C18H38. The molecule has 0 heteroatoms. The van der Waals surface area contributed by atoms with Gasteiger partial charge in [-0.05, 0) is 24.2 Å². The predicted octanol–water partition coefficient (Wildman–Crippen LogP) is 6.98. The van der Waals surface area contributed by atoms with Crippen molar-refractivity contribution >= 4 is 0 Å². The first-order valence-corrected chi connectivity index (χ1v) is 8.58. The lowest BCUT2D eigenvalue weighted by molar-refractivity contribution is 0.165. The van der Waals surface area contributed by atoms with Gasteiger partial charge in [0.25, 0.3) is 0 Å². The Kier molecular flexibility index (Phi) is 10.9. The maximum Gasteiger partial charge on any atom is -0.0326 e. The van der Waals surface area contributed by atoms with Crippen LogP contribution in [0.25, 0.3) is 0 Å². The fraction of sp³-hybridized carbons (Fsp3) is 1.00. The van der Waals surface area contributed by atoms with E-state index in [9.17, 15) is 0 Å². The second kappa shape index (κ2) is 10.9. The van der Waals surface area contributed by atoms with Gasteiger partial charge in [0.2, 0.25) is 0 Å². The number of hydrogen-bond donors (Lipinski definition) is 0. The van der Waals surface area contributed by atoms with Crippen molar-refractivity contribution in [3.05, 3.63) is 0 Å². The molecule has 0 rings (SSSR count). The van der Waals surface area contributed by atoms with Crippen LogP contribution in [0.3, 0.4) is 0 Å². The zero-order valence-electron chi connectivity index (χ0n) is 13.9. The van der Waals surface area contributed by atoms with Gasteiger partial charge in [0.15, 0.2) is 0 Å². The second-order valence-corrected chi connectivity index (χ2v) is 6.78. The highest BCUT2D eigenvalue weighted by Crippen LogP contribution is 2.38. The van der Waals surface area contributed by atoms with Crippen LogP contribution < -0.4 is 0 Å². The van der Waals surface area contributed by atoms with E-state index in [0.29, 0.717) is 5.41 Å². The minimum atomic E-state index is 0.564. The number of hydrogen-bond acceptors (Lipinski definition) is 0. The molecule has 18 heavy (non-hydrogen) atoms. The van der Waals surface area contributed by atoms with Gasteiger partial charge in [-0.3, -0.25) is 0 Å². The van der Waals surface area contributed by atoms with Crippen LogP contribution >= 0.6 is 0 Å². The first kappa shape index (κ1) is 18.0. The molecule has 0 saturated heterocycles. The highest BCUT2D eigenvalue weighted by Gasteiger charge is 2.27. The van der Waals surface area contributed by atoms with Crippen LogP contribution in [0.4, 0.5) is 0 Å². The highest BCUT2D eigenvalue weighted by atomic mass is 14.3. The molecule has 0 spiro atoms. The topological polar surface area (TPSA) is 0 Å². The fourth-order valence-electron chi connectivity index (χ4n) is 3.29. The molecule has 0 amide bonds. The Morgan fingerprint density at radius 3 is 1.83 bits per heavy atom. The summed E-state index contributed by atoms with van der Waals surface area (Å²) in [6, 6.07) is 0. The Labute approximate surface area is 117 Å². The summed E-state index contributed by atoms with van der Waals surface area (Å²) in [4.78, 5) is 0. The van der Waals surface area contributed by atoms with Gasteiger partial charge in [-0.15, -0.1) is 0 Å². The smallest absolute Gasteiger partial charge is 0.0326 e. The summed E-state index contributed by atoms with van der Waals surface area (Å²) in [5.74, 6) is 0.952. The van der Waals surface area contributed by atoms with Crippen molar-refractivity contribution in [3.63, 3.8) is 0 Å². The third-order valence-electron chi connectivity index (χ3n) is 4.54. The van der Waals surface area contributed by atoms with Crippen LogP contribution in [-0.4, -0.2) is 0 Å². The van der Waals surface area contributed by atoms with Crippen molar-refractivity contribution in [2.24, 2.45) is 11.3 Å². The molecule has 0 heterocycles. The van der Waals surface area contributed by atoms with Crippen molar-refractivity contribution in [2.75, 3.05) is 0 Å². The Bertz CT molecular complexity index is 169. The summed E-state index contributed by atoms with van der Waals surface area (Å²) in [6.07, 6.45) is 15.6. The van der Waals surface area contributed by atoms with Crippen LogP contribution in [0.2, 0.25) is 0 Å². The largest absolute Gasteiger partial charge is 0.0654 e. The molecule has 0 radical (unpaired) electrons. The quantitative estimate of drug-likeness (QED) is 0.329. The van der Waals surface area contributed by atoms with Crippen molar-refractivity contribution in [3.8, 4) is 0 Å². The molecule has 0 N–H and O–H groups in total. The molecule has 110 valence electrons. The van der Waals surface area contributed by atoms with Gasteiger partial charge in [-0.2, -0.15) is 0 Å². The number of unbranched alkanes of at least 4 members (excludes halogenated alkanes) is 5. The minimum absolute atomic E-state index is 0.564. The first-order valence-electron chi connectivity index (χ1n) is 8.58. The molecule has 1 atom stereocenters. The van der Waals surface area contributed by atoms with Crippen molar-refractivity contribution in [1.29, 1.82) is 0 Å². The van der Waals surface area contributed by atoms with Crippen LogP contribution in [0, 0.1) is 11.3 Å². The normalized spacial score (nSPS) is 13.8. The van der Waals surface area contributed by atoms with Crippen molar-refractivity contribution in [1.82, 2.24) is 0 Å². The second-order valence-electron chi connectivity index (χ2n) is 6.78. The van der Waals surface area contributed by atoms with Gasteiger partial charge in [0.1, 0.15) is 0 Å². The third kappa shape index (κ3) is 8.16. The monoisotopic (exact) mass is 254 g/mol. The lowest BCUT2D eigenvalue weighted by atomic mass is 9.71. The molecule has 0 aromatic rings. The van der Waals surface area contributed by atoms with Gasteiger partial charge in [-0.1, -0.05) is 92.4 Å². The molecule has 0 bridgehead atoms. The summed E-state index contributed by atoms with van der Waals surface area (Å²) < 4.78 is 0. The molecule has 0 saturated carbocycles. The fourth-order valence-corrected chi connectivity index (χ4v) is 3.29. The predicted molar refractivity (Wildman–Crippen MR) is 85.1 cm³/mol. The van der Waals surface area contributed by atoms with E-state index in [-0.39, 0.29) is 0 Å². The summed E-state index contributed by atoms with van der Waals surface area (Å²) >= 11 is 0. The molecule has 1 unspecified atom stereocenters. The lowest BCUT2D eigenvalue weighted by Crippen LogP contribution is -2.24. The van der Waals surface area contributed by atoms with Gasteiger partial charge >= 0.3 is 0 Å². The van der Waals surface area contributed by atoms with E-state index < -0.39 is 0 Å². The van der Waals surface area contributed by atoms with E-state index in [1.807, 2.05) is 0 Å². The Hall–Kier alpha value is 0. The molecule has 0 nitrogen and oxygen atoms in total. The molecule has 0 aliphatic carbocycles. The lowest BCUT2D eigenvalue weighted by Gasteiger charge is -2.34. The minimum Gasteiger partial charge on any atom is -0.0654 e. The van der Waals surface area contributed by atoms with E-state index in [4.69, 9.17) is 0 Å². The average Bonchev–Trinajstić information content (AvgIpc) is 2.32. The molecule has 0 aliphatic rings.